The van der Waals surface area contributed by atoms with E-state index in [9.17, 15) is 0 Å². The van der Waals surface area contributed by atoms with Crippen LogP contribution in [0.4, 0.5) is 5.69 Å². The molecule has 2 rings (SSSR count). The second-order valence-electron chi connectivity index (χ2n) is 2.97. The third-order valence-corrected chi connectivity index (χ3v) is 2.15. The van der Waals surface area contributed by atoms with Gasteiger partial charge in [0.25, 0.3) is 0 Å². The lowest BCUT2D eigenvalue weighted by Gasteiger charge is -2.27. The van der Waals surface area contributed by atoms with Crippen molar-refractivity contribution in [3.8, 4) is 5.75 Å². The first-order valence-corrected chi connectivity index (χ1v) is 4.43. The van der Waals surface area contributed by atoms with E-state index in [4.69, 9.17) is 26.8 Å². The van der Waals surface area contributed by atoms with Gasteiger partial charge < -0.3 is 15.2 Å². The molecule has 0 atom stereocenters. The van der Waals surface area contributed by atoms with E-state index >= 15 is 0 Å². The number of benzene rings is 1. The van der Waals surface area contributed by atoms with Crippen LogP contribution in [-0.4, -0.2) is 19.3 Å². The van der Waals surface area contributed by atoms with E-state index in [0.29, 0.717) is 29.7 Å². The maximum Gasteiger partial charge on any atom is 0.145 e. The predicted octanol–water partition coefficient (Wildman–Crippen LogP) is 1.70. The Morgan fingerprint density at radius 3 is 2.77 bits per heavy atom. The highest BCUT2D eigenvalue weighted by Crippen LogP contribution is 2.28. The van der Waals surface area contributed by atoms with Crippen LogP contribution in [0.1, 0.15) is 0 Å². The fourth-order valence-electron chi connectivity index (χ4n) is 1.07. The summed E-state index contributed by atoms with van der Waals surface area (Å²) in [6.45, 7) is 1.28. The largest absolute Gasteiger partial charge is 0.484 e. The molecule has 0 unspecified atom stereocenters. The fourth-order valence-corrected chi connectivity index (χ4v) is 1.31. The highest BCUT2D eigenvalue weighted by atomic mass is 35.5. The van der Waals surface area contributed by atoms with Crippen LogP contribution in [0.25, 0.3) is 0 Å². The average molecular weight is 200 g/mol. The number of hydrogen-bond donors (Lipinski definition) is 1. The molecule has 1 heterocycles. The van der Waals surface area contributed by atoms with E-state index in [0.717, 1.165) is 0 Å². The van der Waals surface area contributed by atoms with Crippen molar-refractivity contribution in [2.24, 2.45) is 0 Å². The molecule has 4 heteroatoms. The van der Waals surface area contributed by atoms with Crippen molar-refractivity contribution in [1.29, 1.82) is 0 Å². The quantitative estimate of drug-likeness (QED) is 0.738. The summed E-state index contributed by atoms with van der Waals surface area (Å²) in [6, 6.07) is 5.22. The van der Waals surface area contributed by atoms with Crippen molar-refractivity contribution in [2.75, 3.05) is 18.9 Å². The number of ether oxygens (including phenoxy) is 2. The Hall–Kier alpha value is -0.930. The van der Waals surface area contributed by atoms with Gasteiger partial charge in [-0.15, -0.1) is 0 Å². The molecule has 70 valence electrons. The summed E-state index contributed by atoms with van der Waals surface area (Å²) in [5, 5.41) is 0.548. The third-order valence-electron chi connectivity index (χ3n) is 1.86. The van der Waals surface area contributed by atoms with E-state index in [-0.39, 0.29) is 6.10 Å². The SMILES string of the molecule is Nc1ccc(OC2COC2)c(Cl)c1. The molecule has 0 spiro atoms. The lowest BCUT2D eigenvalue weighted by Crippen LogP contribution is -2.38. The van der Waals surface area contributed by atoms with E-state index < -0.39 is 0 Å². The first kappa shape index (κ1) is 8.66. The van der Waals surface area contributed by atoms with Gasteiger partial charge in [-0.2, -0.15) is 0 Å². The number of anilines is 1. The fraction of sp³-hybridized carbons (Fsp3) is 0.333. The highest BCUT2D eigenvalue weighted by Gasteiger charge is 2.20. The molecule has 1 aromatic rings. The van der Waals surface area contributed by atoms with Crippen LogP contribution in [-0.2, 0) is 4.74 Å². The molecule has 0 aliphatic carbocycles. The zero-order valence-electron chi connectivity index (χ0n) is 7.00. The van der Waals surface area contributed by atoms with Gasteiger partial charge in [0.2, 0.25) is 0 Å². The second-order valence-corrected chi connectivity index (χ2v) is 3.37. The number of rotatable bonds is 2. The van der Waals surface area contributed by atoms with Crippen LogP contribution in [0.2, 0.25) is 5.02 Å². The Labute approximate surface area is 81.4 Å². The normalized spacial score (nSPS) is 16.7. The molecule has 0 radical (unpaired) electrons. The molecule has 3 nitrogen and oxygen atoms in total. The number of halogens is 1. The molecular formula is C9H10ClNO2. The molecule has 0 aromatic heterocycles. The zero-order chi connectivity index (χ0) is 9.26. The summed E-state index contributed by atoms with van der Waals surface area (Å²) >= 11 is 5.91. The number of nitrogens with two attached hydrogens (primary N) is 1. The first-order valence-electron chi connectivity index (χ1n) is 4.05. The molecule has 1 aromatic carbocycles. The third kappa shape index (κ3) is 1.87. The Morgan fingerprint density at radius 2 is 2.23 bits per heavy atom. The van der Waals surface area contributed by atoms with Crippen molar-refractivity contribution < 1.29 is 9.47 Å². The maximum atomic E-state index is 5.91. The minimum Gasteiger partial charge on any atom is -0.484 e. The summed E-state index contributed by atoms with van der Waals surface area (Å²) < 4.78 is 10.5. The van der Waals surface area contributed by atoms with E-state index in [1.165, 1.54) is 0 Å². The van der Waals surface area contributed by atoms with Crippen LogP contribution in [0.3, 0.4) is 0 Å². The molecule has 1 saturated heterocycles. The van der Waals surface area contributed by atoms with Gasteiger partial charge >= 0.3 is 0 Å². The molecule has 13 heavy (non-hydrogen) atoms. The predicted molar refractivity (Wildman–Crippen MR) is 51.1 cm³/mol. The van der Waals surface area contributed by atoms with Crippen LogP contribution in [0.5, 0.6) is 5.75 Å². The topological polar surface area (TPSA) is 44.5 Å². The van der Waals surface area contributed by atoms with Crippen LogP contribution < -0.4 is 10.5 Å². The Morgan fingerprint density at radius 1 is 1.46 bits per heavy atom. The van der Waals surface area contributed by atoms with Gasteiger partial charge in [0, 0.05) is 5.69 Å². The van der Waals surface area contributed by atoms with Gasteiger partial charge in [-0.05, 0) is 18.2 Å². The van der Waals surface area contributed by atoms with Gasteiger partial charge in [0.1, 0.15) is 11.9 Å². The van der Waals surface area contributed by atoms with Crippen molar-refractivity contribution in [2.45, 2.75) is 6.10 Å². The molecular weight excluding hydrogens is 190 g/mol. The molecule has 1 aliphatic rings. The van der Waals surface area contributed by atoms with Crippen molar-refractivity contribution in [3.05, 3.63) is 23.2 Å². The number of nitrogen functional groups attached to an aromatic ring is 1. The summed E-state index contributed by atoms with van der Waals surface area (Å²) in [5.74, 6) is 0.671. The summed E-state index contributed by atoms with van der Waals surface area (Å²) in [4.78, 5) is 0. The standard InChI is InChI=1S/C9H10ClNO2/c10-8-3-6(11)1-2-9(8)13-7-4-12-5-7/h1-3,7H,4-5,11H2. The minimum absolute atomic E-state index is 0.140. The molecule has 0 saturated carbocycles. The Balaban J connectivity index is 2.10. The first-order chi connectivity index (χ1) is 6.25. The van der Waals surface area contributed by atoms with Gasteiger partial charge in [-0.25, -0.2) is 0 Å². The summed E-state index contributed by atoms with van der Waals surface area (Å²) in [6.07, 6.45) is 0.140. The lowest BCUT2D eigenvalue weighted by molar-refractivity contribution is -0.0796. The van der Waals surface area contributed by atoms with Crippen molar-refractivity contribution in [1.82, 2.24) is 0 Å². The molecule has 1 aliphatic heterocycles. The van der Waals surface area contributed by atoms with Crippen molar-refractivity contribution >= 4 is 17.3 Å². The smallest absolute Gasteiger partial charge is 0.145 e. The van der Waals surface area contributed by atoms with Gasteiger partial charge in [0.05, 0.1) is 18.2 Å². The van der Waals surface area contributed by atoms with Gasteiger partial charge in [-0.1, -0.05) is 11.6 Å². The summed E-state index contributed by atoms with van der Waals surface area (Å²) in [5.41, 5.74) is 6.18. The molecule has 0 bridgehead atoms. The van der Waals surface area contributed by atoms with E-state index in [1.54, 1.807) is 18.2 Å². The van der Waals surface area contributed by atoms with Gasteiger partial charge in [-0.3, -0.25) is 0 Å². The van der Waals surface area contributed by atoms with Crippen molar-refractivity contribution in [3.63, 3.8) is 0 Å². The zero-order valence-corrected chi connectivity index (χ0v) is 7.75. The van der Waals surface area contributed by atoms with E-state index in [1.807, 2.05) is 0 Å². The Kier molecular flexibility index (Phi) is 2.29. The number of hydrogen-bond acceptors (Lipinski definition) is 3. The van der Waals surface area contributed by atoms with Crippen LogP contribution in [0, 0.1) is 0 Å². The average Bonchev–Trinajstić information content (AvgIpc) is 1.99. The van der Waals surface area contributed by atoms with Crippen LogP contribution >= 0.6 is 11.6 Å². The highest BCUT2D eigenvalue weighted by molar-refractivity contribution is 6.32. The summed E-state index contributed by atoms with van der Waals surface area (Å²) in [7, 11) is 0. The molecule has 0 amide bonds. The second kappa shape index (κ2) is 3.44. The Bertz CT molecular complexity index is 312. The molecule has 2 N–H and O–H groups in total. The minimum atomic E-state index is 0.140. The van der Waals surface area contributed by atoms with Gasteiger partial charge in [0.15, 0.2) is 0 Å². The maximum absolute atomic E-state index is 5.91. The molecule has 1 fully saturated rings. The lowest BCUT2D eigenvalue weighted by atomic mass is 10.3. The monoisotopic (exact) mass is 199 g/mol. The van der Waals surface area contributed by atoms with Crippen LogP contribution in [0.15, 0.2) is 18.2 Å². The van der Waals surface area contributed by atoms with E-state index in [2.05, 4.69) is 0 Å².